The highest BCUT2D eigenvalue weighted by Gasteiger charge is 2.26. The van der Waals surface area contributed by atoms with Crippen molar-refractivity contribution in [1.82, 2.24) is 10.2 Å². The number of benzene rings is 2. The van der Waals surface area contributed by atoms with Crippen LogP contribution in [0.2, 0.25) is 0 Å². The molecule has 0 bridgehead atoms. The molecule has 3 aromatic rings. The second-order valence-electron chi connectivity index (χ2n) is 7.34. The van der Waals surface area contributed by atoms with Crippen LogP contribution in [0.5, 0.6) is 0 Å². The number of amides is 2. The molecule has 1 N–H and O–H groups in total. The summed E-state index contributed by atoms with van der Waals surface area (Å²) >= 11 is 0. The molecule has 29 heavy (non-hydrogen) atoms. The first-order valence-electron chi connectivity index (χ1n) is 9.96. The third-order valence-electron chi connectivity index (χ3n) is 5.35. The number of furan rings is 1. The Morgan fingerprint density at radius 2 is 1.66 bits per heavy atom. The summed E-state index contributed by atoms with van der Waals surface area (Å²) in [6.45, 7) is 1.21. The Morgan fingerprint density at radius 3 is 2.38 bits per heavy atom. The summed E-state index contributed by atoms with van der Waals surface area (Å²) in [6, 6.07) is 21.4. The Kier molecular flexibility index (Phi) is 5.75. The second kappa shape index (κ2) is 8.78. The molecule has 2 aromatic carbocycles. The van der Waals surface area contributed by atoms with Gasteiger partial charge in [0.1, 0.15) is 0 Å². The van der Waals surface area contributed by atoms with Crippen molar-refractivity contribution >= 4 is 11.8 Å². The van der Waals surface area contributed by atoms with Crippen molar-refractivity contribution in [2.75, 3.05) is 13.1 Å². The molecular weight excluding hydrogens is 364 g/mol. The minimum atomic E-state index is -0.0898. The minimum Gasteiger partial charge on any atom is -0.459 e. The lowest BCUT2D eigenvalue weighted by Crippen LogP contribution is -2.46. The quantitative estimate of drug-likeness (QED) is 0.721. The maximum atomic E-state index is 12.9. The van der Waals surface area contributed by atoms with Gasteiger partial charge in [0.15, 0.2) is 5.76 Å². The average Bonchev–Trinajstić information content (AvgIpc) is 3.30. The number of carbonyl (C=O) groups excluding carboxylic acids is 2. The number of likely N-dealkylation sites (tertiary alicyclic amines) is 1. The van der Waals surface area contributed by atoms with Crippen molar-refractivity contribution in [3.8, 4) is 0 Å². The van der Waals surface area contributed by atoms with Crippen molar-refractivity contribution in [3.63, 3.8) is 0 Å². The van der Waals surface area contributed by atoms with Gasteiger partial charge < -0.3 is 14.6 Å². The average molecular weight is 388 g/mol. The van der Waals surface area contributed by atoms with Crippen molar-refractivity contribution in [2.45, 2.75) is 25.3 Å². The summed E-state index contributed by atoms with van der Waals surface area (Å²) in [5.41, 5.74) is 2.91. The van der Waals surface area contributed by atoms with Gasteiger partial charge in [0.05, 0.1) is 6.26 Å². The predicted octanol–water partition coefficient (Wildman–Crippen LogP) is 3.91. The fourth-order valence-corrected chi connectivity index (χ4v) is 3.76. The molecule has 0 saturated carbocycles. The van der Waals surface area contributed by atoms with E-state index in [1.807, 2.05) is 42.5 Å². The predicted molar refractivity (Wildman–Crippen MR) is 111 cm³/mol. The first-order chi connectivity index (χ1) is 14.2. The van der Waals surface area contributed by atoms with Crippen LogP contribution in [0.1, 0.15) is 44.9 Å². The number of nitrogens with zero attached hydrogens (tertiary/aromatic N) is 1. The highest BCUT2D eigenvalue weighted by Crippen LogP contribution is 2.18. The Hall–Kier alpha value is -3.34. The van der Waals surface area contributed by atoms with Crippen molar-refractivity contribution in [2.24, 2.45) is 0 Å². The Labute approximate surface area is 170 Å². The van der Waals surface area contributed by atoms with E-state index in [4.69, 9.17) is 4.42 Å². The molecular formula is C24H24N2O3. The molecule has 5 heteroatoms. The van der Waals surface area contributed by atoms with E-state index in [1.165, 1.54) is 11.8 Å². The molecule has 2 heterocycles. The molecule has 0 spiro atoms. The highest BCUT2D eigenvalue weighted by molar-refractivity contribution is 5.96. The largest absolute Gasteiger partial charge is 0.459 e. The molecule has 4 rings (SSSR count). The molecule has 1 aliphatic heterocycles. The van der Waals surface area contributed by atoms with Gasteiger partial charge in [0.25, 0.3) is 11.8 Å². The van der Waals surface area contributed by atoms with Crippen LogP contribution < -0.4 is 5.32 Å². The number of hydrogen-bond acceptors (Lipinski definition) is 3. The summed E-state index contributed by atoms with van der Waals surface area (Å²) < 4.78 is 5.20. The van der Waals surface area contributed by atoms with Gasteiger partial charge in [-0.1, -0.05) is 48.5 Å². The zero-order chi connectivity index (χ0) is 20.1. The molecule has 0 unspecified atom stereocenters. The van der Waals surface area contributed by atoms with Crippen LogP contribution in [-0.2, 0) is 6.42 Å². The third-order valence-corrected chi connectivity index (χ3v) is 5.35. The standard InChI is InChI=1S/C24H24N2O3/c27-23(21-10-5-4-9-19(21)17-18-7-2-1-3-8-18)25-20-12-14-26(15-13-20)24(28)22-11-6-16-29-22/h1-11,16,20H,12-15,17H2,(H,25,27). The summed E-state index contributed by atoms with van der Waals surface area (Å²) in [5.74, 6) is 0.225. The number of piperidine rings is 1. The number of nitrogens with one attached hydrogen (secondary N) is 1. The van der Waals surface area contributed by atoms with E-state index in [0.29, 0.717) is 24.4 Å². The minimum absolute atomic E-state index is 0.0488. The van der Waals surface area contributed by atoms with E-state index in [0.717, 1.165) is 24.8 Å². The van der Waals surface area contributed by atoms with E-state index in [1.54, 1.807) is 17.0 Å². The van der Waals surface area contributed by atoms with Gasteiger partial charge in [0.2, 0.25) is 0 Å². The second-order valence-corrected chi connectivity index (χ2v) is 7.34. The number of rotatable bonds is 5. The van der Waals surface area contributed by atoms with Gasteiger partial charge in [0, 0.05) is 24.7 Å². The van der Waals surface area contributed by atoms with Crippen molar-refractivity contribution in [3.05, 3.63) is 95.4 Å². The lowest BCUT2D eigenvalue weighted by molar-refractivity contribution is 0.0667. The topological polar surface area (TPSA) is 62.6 Å². The van der Waals surface area contributed by atoms with Crippen LogP contribution in [0.4, 0.5) is 0 Å². The zero-order valence-corrected chi connectivity index (χ0v) is 16.2. The molecule has 148 valence electrons. The lowest BCUT2D eigenvalue weighted by Gasteiger charge is -2.32. The normalized spacial score (nSPS) is 14.6. The Morgan fingerprint density at radius 1 is 0.931 bits per heavy atom. The molecule has 1 aromatic heterocycles. The Balaban J connectivity index is 1.36. The van der Waals surface area contributed by atoms with E-state index in [2.05, 4.69) is 17.4 Å². The number of hydrogen-bond donors (Lipinski definition) is 1. The highest BCUT2D eigenvalue weighted by atomic mass is 16.3. The van der Waals surface area contributed by atoms with Crippen LogP contribution >= 0.6 is 0 Å². The van der Waals surface area contributed by atoms with Gasteiger partial charge in [-0.05, 0) is 48.6 Å². The molecule has 0 aliphatic carbocycles. The molecule has 5 nitrogen and oxygen atoms in total. The summed E-state index contributed by atoms with van der Waals surface area (Å²) in [6.07, 6.45) is 3.70. The van der Waals surface area contributed by atoms with Crippen LogP contribution in [0.3, 0.4) is 0 Å². The van der Waals surface area contributed by atoms with E-state index in [-0.39, 0.29) is 17.9 Å². The maximum absolute atomic E-state index is 12.9. The van der Waals surface area contributed by atoms with Gasteiger partial charge in [-0.3, -0.25) is 9.59 Å². The third kappa shape index (κ3) is 4.57. The summed E-state index contributed by atoms with van der Waals surface area (Å²) in [7, 11) is 0. The smallest absolute Gasteiger partial charge is 0.289 e. The monoisotopic (exact) mass is 388 g/mol. The fourth-order valence-electron chi connectivity index (χ4n) is 3.76. The molecule has 1 saturated heterocycles. The van der Waals surface area contributed by atoms with Gasteiger partial charge in [-0.25, -0.2) is 0 Å². The van der Waals surface area contributed by atoms with Crippen molar-refractivity contribution < 1.29 is 14.0 Å². The summed E-state index contributed by atoms with van der Waals surface area (Å²) in [4.78, 5) is 27.1. The van der Waals surface area contributed by atoms with Gasteiger partial charge >= 0.3 is 0 Å². The van der Waals surface area contributed by atoms with E-state index in [9.17, 15) is 9.59 Å². The zero-order valence-electron chi connectivity index (χ0n) is 16.2. The SMILES string of the molecule is O=C(NC1CCN(C(=O)c2ccco2)CC1)c1ccccc1Cc1ccccc1. The van der Waals surface area contributed by atoms with E-state index >= 15 is 0 Å². The first kappa shape index (κ1) is 19.0. The van der Waals surface area contributed by atoms with Gasteiger partial charge in [-0.15, -0.1) is 0 Å². The molecule has 2 amide bonds. The van der Waals surface area contributed by atoms with Crippen molar-refractivity contribution in [1.29, 1.82) is 0 Å². The van der Waals surface area contributed by atoms with Crippen LogP contribution in [0, 0.1) is 0 Å². The van der Waals surface area contributed by atoms with E-state index < -0.39 is 0 Å². The Bertz CT molecular complexity index is 959. The van der Waals surface area contributed by atoms with Crippen LogP contribution in [-0.4, -0.2) is 35.8 Å². The van der Waals surface area contributed by atoms with Crippen LogP contribution in [0.25, 0.3) is 0 Å². The first-order valence-corrected chi connectivity index (χ1v) is 9.96. The number of carbonyl (C=O) groups is 2. The lowest BCUT2D eigenvalue weighted by atomic mass is 9.98. The molecule has 1 aliphatic rings. The summed E-state index contributed by atoms with van der Waals surface area (Å²) in [5, 5.41) is 3.16. The maximum Gasteiger partial charge on any atom is 0.289 e. The molecule has 0 radical (unpaired) electrons. The fraction of sp³-hybridized carbons (Fsp3) is 0.250. The van der Waals surface area contributed by atoms with Gasteiger partial charge in [-0.2, -0.15) is 0 Å². The molecule has 0 atom stereocenters. The van der Waals surface area contributed by atoms with Crippen LogP contribution in [0.15, 0.2) is 77.4 Å². The molecule has 1 fully saturated rings.